The molecule has 2 aliphatic rings. The van der Waals surface area contributed by atoms with E-state index in [0.717, 1.165) is 49.7 Å². The van der Waals surface area contributed by atoms with E-state index >= 15 is 0 Å². The first-order valence-corrected chi connectivity index (χ1v) is 11.6. The van der Waals surface area contributed by atoms with Gasteiger partial charge in [0.25, 0.3) is 5.91 Å². The van der Waals surface area contributed by atoms with Crippen molar-refractivity contribution in [2.24, 2.45) is 0 Å². The molecule has 0 saturated carbocycles. The summed E-state index contributed by atoms with van der Waals surface area (Å²) < 4.78 is 0. The zero-order valence-corrected chi connectivity index (χ0v) is 18.5. The van der Waals surface area contributed by atoms with Gasteiger partial charge < -0.3 is 20.1 Å². The number of hydrogen-bond donors (Lipinski definition) is 2. The van der Waals surface area contributed by atoms with Crippen molar-refractivity contribution >= 4 is 33.3 Å². The maximum atomic E-state index is 13.1. The average Bonchev–Trinajstić information content (AvgIpc) is 3.55. The first-order chi connectivity index (χ1) is 15.2. The van der Waals surface area contributed by atoms with Gasteiger partial charge in [0.1, 0.15) is 4.88 Å². The summed E-state index contributed by atoms with van der Waals surface area (Å²) in [6, 6.07) is 8.26. The maximum absolute atomic E-state index is 13.1. The molecule has 0 radical (unpaired) electrons. The quantitative estimate of drug-likeness (QED) is 0.623. The van der Waals surface area contributed by atoms with Crippen molar-refractivity contribution in [3.63, 3.8) is 0 Å². The number of aromatic amines is 1. The van der Waals surface area contributed by atoms with Gasteiger partial charge >= 0.3 is 0 Å². The molecule has 1 fully saturated rings. The second-order valence-electron chi connectivity index (χ2n) is 8.26. The van der Waals surface area contributed by atoms with Gasteiger partial charge in [0.2, 0.25) is 0 Å². The molecule has 3 aromatic rings. The van der Waals surface area contributed by atoms with Crippen LogP contribution in [-0.4, -0.2) is 60.0 Å². The van der Waals surface area contributed by atoms with Crippen molar-refractivity contribution in [1.29, 1.82) is 0 Å². The number of carbonyl (C=O) groups is 1. The lowest BCUT2D eigenvalue weighted by molar-refractivity contribution is 0.0946. The number of hydrogen-bond acceptors (Lipinski definition) is 5. The molecule has 1 saturated heterocycles. The Hall–Kier alpha value is -2.90. The number of amides is 1. The van der Waals surface area contributed by atoms with E-state index < -0.39 is 0 Å². The third kappa shape index (κ3) is 4.29. The molecule has 6 nitrogen and oxygen atoms in total. The predicted octanol–water partition coefficient (Wildman–Crippen LogP) is 3.60. The van der Waals surface area contributed by atoms with Crippen molar-refractivity contribution in [3.05, 3.63) is 70.9 Å². The summed E-state index contributed by atoms with van der Waals surface area (Å²) in [7, 11) is 2.14. The number of rotatable bonds is 6. The Bertz CT molecular complexity index is 1140. The third-order valence-corrected chi connectivity index (χ3v) is 7.20. The number of fused-ring (bicyclic) bond motifs is 1. The van der Waals surface area contributed by atoms with Gasteiger partial charge in [0, 0.05) is 43.3 Å². The van der Waals surface area contributed by atoms with E-state index in [4.69, 9.17) is 0 Å². The molecule has 1 aromatic carbocycles. The molecule has 1 aliphatic heterocycles. The SMILES string of the molecule is CN1CCN(c2ncc(C(=O)NC(Cc3c[nH]c4ccccc34)C3=CC=CC3)s2)CC1. The van der Waals surface area contributed by atoms with Crippen LogP contribution in [0.1, 0.15) is 21.7 Å². The smallest absolute Gasteiger partial charge is 0.263 e. The van der Waals surface area contributed by atoms with Gasteiger partial charge in [-0.05, 0) is 37.1 Å². The third-order valence-electron chi connectivity index (χ3n) is 6.14. The Morgan fingerprint density at radius 3 is 2.90 bits per heavy atom. The zero-order chi connectivity index (χ0) is 21.2. The number of aromatic nitrogens is 2. The molecule has 1 atom stereocenters. The van der Waals surface area contributed by atoms with E-state index in [0.29, 0.717) is 4.88 Å². The minimum absolute atomic E-state index is 0.0455. The highest BCUT2D eigenvalue weighted by atomic mass is 32.1. The lowest BCUT2D eigenvalue weighted by Crippen LogP contribution is -2.44. The summed E-state index contributed by atoms with van der Waals surface area (Å²) in [6.07, 6.45) is 11.8. The Balaban J connectivity index is 1.32. The molecule has 1 unspecified atom stereocenters. The second-order valence-corrected chi connectivity index (χ2v) is 9.27. The topological polar surface area (TPSA) is 64.3 Å². The van der Waals surface area contributed by atoms with Crippen molar-refractivity contribution < 1.29 is 4.79 Å². The molecule has 0 spiro atoms. The highest BCUT2D eigenvalue weighted by Crippen LogP contribution is 2.26. The number of likely N-dealkylation sites (N-methyl/N-ethyl adjacent to an activating group) is 1. The van der Waals surface area contributed by atoms with Crippen molar-refractivity contribution in [3.8, 4) is 0 Å². The van der Waals surface area contributed by atoms with Crippen LogP contribution in [-0.2, 0) is 6.42 Å². The van der Waals surface area contributed by atoms with Crippen molar-refractivity contribution in [1.82, 2.24) is 20.2 Å². The molecule has 3 heterocycles. The van der Waals surface area contributed by atoms with Gasteiger partial charge in [0.15, 0.2) is 5.13 Å². The van der Waals surface area contributed by atoms with Gasteiger partial charge in [-0.1, -0.05) is 47.8 Å². The molecule has 5 rings (SSSR count). The lowest BCUT2D eigenvalue weighted by atomic mass is 9.97. The fraction of sp³-hybridized carbons (Fsp3) is 0.333. The first-order valence-electron chi connectivity index (χ1n) is 10.8. The number of para-hydroxylation sites is 1. The predicted molar refractivity (Wildman–Crippen MR) is 127 cm³/mol. The molecular weight excluding hydrogens is 406 g/mol. The van der Waals surface area contributed by atoms with Crippen LogP contribution in [0, 0.1) is 0 Å². The Morgan fingerprint density at radius 1 is 1.26 bits per heavy atom. The number of benzene rings is 1. The van der Waals surface area contributed by atoms with E-state index in [2.05, 4.69) is 74.8 Å². The van der Waals surface area contributed by atoms with Crippen LogP contribution in [0.4, 0.5) is 5.13 Å². The van der Waals surface area contributed by atoms with E-state index in [1.54, 1.807) is 6.20 Å². The number of nitrogens with one attached hydrogen (secondary N) is 2. The van der Waals surface area contributed by atoms with Gasteiger partial charge in [-0.3, -0.25) is 4.79 Å². The number of carbonyl (C=O) groups excluding carboxylic acids is 1. The Morgan fingerprint density at radius 2 is 2.10 bits per heavy atom. The average molecular weight is 434 g/mol. The van der Waals surface area contributed by atoms with E-state index in [1.165, 1.54) is 27.9 Å². The van der Waals surface area contributed by atoms with Gasteiger partial charge in [-0.15, -0.1) is 0 Å². The number of anilines is 1. The van der Waals surface area contributed by atoms with Gasteiger partial charge in [-0.2, -0.15) is 0 Å². The number of piperazine rings is 1. The van der Waals surface area contributed by atoms with E-state index in [9.17, 15) is 4.79 Å². The van der Waals surface area contributed by atoms with Crippen LogP contribution in [0.5, 0.6) is 0 Å². The molecule has 1 aliphatic carbocycles. The van der Waals surface area contributed by atoms with Crippen LogP contribution >= 0.6 is 11.3 Å². The van der Waals surface area contributed by atoms with E-state index in [-0.39, 0.29) is 11.9 Å². The minimum Gasteiger partial charge on any atom is -0.361 e. The van der Waals surface area contributed by atoms with Crippen LogP contribution in [0.2, 0.25) is 0 Å². The molecule has 0 bridgehead atoms. The minimum atomic E-state index is -0.0458. The molecule has 1 amide bonds. The van der Waals surface area contributed by atoms with Gasteiger partial charge in [0.05, 0.1) is 12.2 Å². The van der Waals surface area contributed by atoms with Crippen LogP contribution in [0.15, 0.2) is 60.5 Å². The standard InChI is InChI=1S/C24H27N5OS/c1-28-10-12-29(13-11-28)24-26-16-22(31-24)23(30)27-21(17-6-2-3-7-17)14-18-15-25-20-9-5-4-8-19(18)20/h2-6,8-9,15-16,21,25H,7,10-14H2,1H3,(H,27,30). The Labute approximate surface area is 186 Å². The summed E-state index contributed by atoms with van der Waals surface area (Å²) in [5, 5.41) is 5.43. The van der Waals surface area contributed by atoms with Crippen molar-refractivity contribution in [2.45, 2.75) is 18.9 Å². The molecular formula is C24H27N5OS. The zero-order valence-electron chi connectivity index (χ0n) is 17.7. The number of allylic oxidation sites excluding steroid dienone is 3. The normalized spacial score (nSPS) is 17.8. The number of H-pyrrole nitrogens is 1. The van der Waals surface area contributed by atoms with Crippen molar-refractivity contribution in [2.75, 3.05) is 38.1 Å². The molecule has 2 N–H and O–H groups in total. The largest absolute Gasteiger partial charge is 0.361 e. The summed E-state index contributed by atoms with van der Waals surface area (Å²) in [6.45, 7) is 3.95. The number of nitrogens with zero attached hydrogens (tertiary/aromatic N) is 3. The lowest BCUT2D eigenvalue weighted by Gasteiger charge is -2.32. The summed E-state index contributed by atoms with van der Waals surface area (Å²) in [5.41, 5.74) is 3.58. The van der Waals surface area contributed by atoms with Crippen LogP contribution < -0.4 is 10.2 Å². The molecule has 7 heteroatoms. The van der Waals surface area contributed by atoms with Crippen LogP contribution in [0.25, 0.3) is 10.9 Å². The Kier molecular flexibility index (Phi) is 5.61. The highest BCUT2D eigenvalue weighted by Gasteiger charge is 2.23. The summed E-state index contributed by atoms with van der Waals surface area (Å²) >= 11 is 1.49. The van der Waals surface area contributed by atoms with Gasteiger partial charge in [-0.25, -0.2) is 4.98 Å². The summed E-state index contributed by atoms with van der Waals surface area (Å²) in [5.74, 6) is -0.0458. The highest BCUT2D eigenvalue weighted by molar-refractivity contribution is 7.17. The molecule has 160 valence electrons. The summed E-state index contributed by atoms with van der Waals surface area (Å²) in [4.78, 5) is 26.3. The molecule has 2 aromatic heterocycles. The first kappa shape index (κ1) is 20.0. The fourth-order valence-corrected chi connectivity index (χ4v) is 5.13. The number of thiazole rings is 1. The maximum Gasteiger partial charge on any atom is 0.263 e. The monoisotopic (exact) mass is 433 g/mol. The van der Waals surface area contributed by atoms with E-state index in [1.807, 2.05) is 6.07 Å². The fourth-order valence-electron chi connectivity index (χ4n) is 4.26. The van der Waals surface area contributed by atoms with Crippen LogP contribution in [0.3, 0.4) is 0 Å². The molecule has 31 heavy (non-hydrogen) atoms. The second kappa shape index (κ2) is 8.69.